The molecule has 14 heavy (non-hydrogen) atoms. The summed E-state index contributed by atoms with van der Waals surface area (Å²) in [7, 11) is 0. The predicted octanol–water partition coefficient (Wildman–Crippen LogP) is 0.815. The van der Waals surface area contributed by atoms with Crippen LogP contribution in [0.2, 0.25) is 0 Å². The standard InChI is InChI=1S/C9H6FNO3/c10-7-2-1-5(4-11)3-6(7)8(12)9(13)14/h1-3,8,12H,(H,13,14). The molecule has 0 fully saturated rings. The number of halogens is 1. The molecule has 0 aliphatic carbocycles. The second-order valence-corrected chi connectivity index (χ2v) is 2.59. The van der Waals surface area contributed by atoms with E-state index in [0.717, 1.165) is 12.1 Å². The molecule has 1 aromatic carbocycles. The number of nitriles is 1. The molecule has 0 heterocycles. The largest absolute Gasteiger partial charge is 0.479 e. The third kappa shape index (κ3) is 1.87. The Bertz CT molecular complexity index is 411. The third-order valence-electron chi connectivity index (χ3n) is 1.65. The predicted molar refractivity (Wildman–Crippen MR) is 43.7 cm³/mol. The SMILES string of the molecule is N#Cc1ccc(F)c(C(O)C(=O)O)c1. The molecule has 2 N–H and O–H groups in total. The summed E-state index contributed by atoms with van der Waals surface area (Å²) in [6.45, 7) is 0. The van der Waals surface area contributed by atoms with Crippen molar-refractivity contribution in [2.75, 3.05) is 0 Å². The summed E-state index contributed by atoms with van der Waals surface area (Å²) in [5.74, 6) is -2.40. The van der Waals surface area contributed by atoms with Gasteiger partial charge < -0.3 is 10.2 Å². The molecule has 0 aliphatic rings. The highest BCUT2D eigenvalue weighted by Gasteiger charge is 2.20. The first-order valence-corrected chi connectivity index (χ1v) is 3.66. The van der Waals surface area contributed by atoms with E-state index in [2.05, 4.69) is 0 Å². The van der Waals surface area contributed by atoms with Crippen LogP contribution in [0, 0.1) is 17.1 Å². The van der Waals surface area contributed by atoms with E-state index in [1.165, 1.54) is 6.07 Å². The molecule has 0 saturated carbocycles. The van der Waals surface area contributed by atoms with E-state index < -0.39 is 23.5 Å². The summed E-state index contributed by atoms with van der Waals surface area (Å²) in [5.41, 5.74) is -0.307. The van der Waals surface area contributed by atoms with Gasteiger partial charge in [0.1, 0.15) is 5.82 Å². The molecule has 0 amide bonds. The molecule has 1 rings (SSSR count). The van der Waals surface area contributed by atoms with Crippen LogP contribution in [0.15, 0.2) is 18.2 Å². The maximum Gasteiger partial charge on any atom is 0.337 e. The Balaban J connectivity index is 3.20. The number of aliphatic hydroxyl groups excluding tert-OH is 1. The van der Waals surface area contributed by atoms with Crippen molar-refractivity contribution in [1.29, 1.82) is 5.26 Å². The molecule has 1 unspecified atom stereocenters. The zero-order valence-electron chi connectivity index (χ0n) is 6.94. The minimum absolute atomic E-state index is 0.0988. The van der Waals surface area contributed by atoms with E-state index in [-0.39, 0.29) is 5.56 Å². The van der Waals surface area contributed by atoms with E-state index in [4.69, 9.17) is 15.5 Å². The summed E-state index contributed by atoms with van der Waals surface area (Å²) >= 11 is 0. The van der Waals surface area contributed by atoms with Crippen LogP contribution in [0.5, 0.6) is 0 Å². The van der Waals surface area contributed by atoms with Gasteiger partial charge in [0.2, 0.25) is 0 Å². The van der Waals surface area contributed by atoms with Gasteiger partial charge in [-0.25, -0.2) is 9.18 Å². The lowest BCUT2D eigenvalue weighted by Crippen LogP contribution is -2.12. The number of carboxylic acids is 1. The topological polar surface area (TPSA) is 81.3 Å². The number of aliphatic hydroxyl groups is 1. The van der Waals surface area contributed by atoms with Crippen molar-refractivity contribution in [3.05, 3.63) is 35.1 Å². The van der Waals surface area contributed by atoms with Crippen LogP contribution in [0.4, 0.5) is 4.39 Å². The molecular weight excluding hydrogens is 189 g/mol. The average molecular weight is 195 g/mol. The second kappa shape index (κ2) is 3.85. The number of rotatable bonds is 2. The van der Waals surface area contributed by atoms with Crippen LogP contribution in [0.1, 0.15) is 17.2 Å². The van der Waals surface area contributed by atoms with Gasteiger partial charge in [-0.3, -0.25) is 0 Å². The minimum atomic E-state index is -1.94. The fraction of sp³-hybridized carbons (Fsp3) is 0.111. The summed E-state index contributed by atoms with van der Waals surface area (Å²) in [4.78, 5) is 10.4. The molecule has 0 saturated heterocycles. The van der Waals surface area contributed by atoms with Crippen LogP contribution in [-0.2, 0) is 4.79 Å². The van der Waals surface area contributed by atoms with Crippen molar-refractivity contribution in [1.82, 2.24) is 0 Å². The molecule has 4 nitrogen and oxygen atoms in total. The summed E-state index contributed by atoms with van der Waals surface area (Å²) in [6.07, 6.45) is -1.94. The summed E-state index contributed by atoms with van der Waals surface area (Å²) < 4.78 is 13.0. The van der Waals surface area contributed by atoms with E-state index >= 15 is 0 Å². The molecule has 0 aliphatic heterocycles. The summed E-state index contributed by atoms with van der Waals surface area (Å²) in [5, 5.41) is 25.9. The zero-order chi connectivity index (χ0) is 10.7. The first kappa shape index (κ1) is 10.2. The van der Waals surface area contributed by atoms with Crippen LogP contribution in [-0.4, -0.2) is 16.2 Å². The van der Waals surface area contributed by atoms with Crippen molar-refractivity contribution < 1.29 is 19.4 Å². The van der Waals surface area contributed by atoms with E-state index in [9.17, 15) is 9.18 Å². The van der Waals surface area contributed by atoms with E-state index in [1.807, 2.05) is 0 Å². The lowest BCUT2D eigenvalue weighted by atomic mass is 10.1. The van der Waals surface area contributed by atoms with Crippen molar-refractivity contribution in [3.63, 3.8) is 0 Å². The Morgan fingerprint density at radius 1 is 1.57 bits per heavy atom. The average Bonchev–Trinajstić information content (AvgIpc) is 2.17. The number of nitrogens with zero attached hydrogens (tertiary/aromatic N) is 1. The quantitative estimate of drug-likeness (QED) is 0.731. The van der Waals surface area contributed by atoms with Crippen molar-refractivity contribution in [3.8, 4) is 6.07 Å². The van der Waals surface area contributed by atoms with Crippen molar-refractivity contribution in [2.24, 2.45) is 0 Å². The molecular formula is C9H6FNO3. The molecule has 1 atom stereocenters. The van der Waals surface area contributed by atoms with Gasteiger partial charge in [-0.15, -0.1) is 0 Å². The van der Waals surface area contributed by atoms with Gasteiger partial charge in [-0.05, 0) is 18.2 Å². The molecule has 1 aromatic rings. The highest BCUT2D eigenvalue weighted by atomic mass is 19.1. The molecule has 72 valence electrons. The van der Waals surface area contributed by atoms with E-state index in [0.29, 0.717) is 0 Å². The Labute approximate surface area is 78.8 Å². The van der Waals surface area contributed by atoms with Crippen molar-refractivity contribution >= 4 is 5.97 Å². The lowest BCUT2D eigenvalue weighted by molar-refractivity contribution is -0.147. The number of hydrogen-bond donors (Lipinski definition) is 2. The highest BCUT2D eigenvalue weighted by Crippen LogP contribution is 2.18. The van der Waals surface area contributed by atoms with Gasteiger partial charge >= 0.3 is 5.97 Å². The van der Waals surface area contributed by atoms with Gasteiger partial charge in [0.25, 0.3) is 0 Å². The number of benzene rings is 1. The normalized spacial score (nSPS) is 11.8. The fourth-order valence-electron chi connectivity index (χ4n) is 0.956. The maximum atomic E-state index is 13.0. The molecule has 0 radical (unpaired) electrons. The minimum Gasteiger partial charge on any atom is -0.479 e. The molecule has 0 aromatic heterocycles. The fourth-order valence-corrected chi connectivity index (χ4v) is 0.956. The van der Waals surface area contributed by atoms with Gasteiger partial charge in [0.15, 0.2) is 6.10 Å². The Morgan fingerprint density at radius 2 is 2.21 bits per heavy atom. The van der Waals surface area contributed by atoms with Gasteiger partial charge in [-0.2, -0.15) is 5.26 Å². The van der Waals surface area contributed by atoms with Gasteiger partial charge in [0, 0.05) is 5.56 Å². The number of carboxylic acid groups (broad SMARTS) is 1. The Kier molecular flexibility index (Phi) is 2.79. The smallest absolute Gasteiger partial charge is 0.337 e. The second-order valence-electron chi connectivity index (χ2n) is 2.59. The number of hydrogen-bond acceptors (Lipinski definition) is 3. The number of aliphatic carboxylic acids is 1. The van der Waals surface area contributed by atoms with Crippen LogP contribution < -0.4 is 0 Å². The van der Waals surface area contributed by atoms with Gasteiger partial charge in [-0.1, -0.05) is 0 Å². The zero-order valence-corrected chi connectivity index (χ0v) is 6.94. The highest BCUT2D eigenvalue weighted by molar-refractivity contribution is 5.74. The first-order valence-electron chi connectivity index (χ1n) is 3.66. The van der Waals surface area contributed by atoms with Crippen molar-refractivity contribution in [2.45, 2.75) is 6.10 Å². The Morgan fingerprint density at radius 3 is 2.71 bits per heavy atom. The van der Waals surface area contributed by atoms with Gasteiger partial charge in [0.05, 0.1) is 11.6 Å². The number of carbonyl (C=O) groups is 1. The maximum absolute atomic E-state index is 13.0. The molecule has 0 spiro atoms. The van der Waals surface area contributed by atoms with Crippen LogP contribution in [0.25, 0.3) is 0 Å². The lowest BCUT2D eigenvalue weighted by Gasteiger charge is -2.06. The summed E-state index contributed by atoms with van der Waals surface area (Å²) in [6, 6.07) is 4.87. The van der Waals surface area contributed by atoms with E-state index in [1.54, 1.807) is 6.07 Å². The Hall–Kier alpha value is -1.93. The third-order valence-corrected chi connectivity index (χ3v) is 1.65. The monoisotopic (exact) mass is 195 g/mol. The van der Waals surface area contributed by atoms with Crippen LogP contribution in [0.3, 0.4) is 0 Å². The molecule has 5 heteroatoms. The first-order chi connectivity index (χ1) is 6.56. The molecule has 0 bridgehead atoms. The van der Waals surface area contributed by atoms with Crippen LogP contribution >= 0.6 is 0 Å².